The van der Waals surface area contributed by atoms with Gasteiger partial charge in [0, 0.05) is 38.3 Å². The van der Waals surface area contributed by atoms with Crippen LogP contribution in [0.15, 0.2) is 18.2 Å². The van der Waals surface area contributed by atoms with Crippen molar-refractivity contribution in [3.05, 3.63) is 35.0 Å². The number of nitrogen functional groups attached to an aromatic ring is 1. The molecule has 3 N–H and O–H groups in total. The fraction of sp³-hybridized carbons (Fsp3) is 0.474. The summed E-state index contributed by atoms with van der Waals surface area (Å²) in [5.41, 5.74) is 9.38. The van der Waals surface area contributed by atoms with Gasteiger partial charge in [0.2, 0.25) is 5.95 Å². The largest absolute Gasteiger partial charge is 0.504 e. The number of aromatic hydroxyl groups is 1. The maximum Gasteiger partial charge on any atom is 0.227 e. The van der Waals surface area contributed by atoms with Crippen LogP contribution >= 0.6 is 0 Å². The zero-order chi connectivity index (χ0) is 18.1. The molecule has 0 bridgehead atoms. The summed E-state index contributed by atoms with van der Waals surface area (Å²) in [5.74, 6) is 2.06. The van der Waals surface area contributed by atoms with E-state index in [4.69, 9.17) is 15.5 Å². The summed E-state index contributed by atoms with van der Waals surface area (Å²) in [4.78, 5) is 13.9. The molecule has 2 aliphatic rings. The van der Waals surface area contributed by atoms with Gasteiger partial charge < -0.3 is 20.5 Å². The fourth-order valence-electron chi connectivity index (χ4n) is 3.79. The number of methoxy groups -OCH3 is 1. The van der Waals surface area contributed by atoms with Crippen molar-refractivity contribution in [1.82, 2.24) is 14.9 Å². The molecule has 7 nitrogen and oxygen atoms in total. The number of phenols is 1. The van der Waals surface area contributed by atoms with Crippen LogP contribution in [-0.4, -0.2) is 46.7 Å². The molecule has 0 spiro atoms. The molecule has 1 saturated heterocycles. The second-order valence-corrected chi connectivity index (χ2v) is 7.00. The number of benzene rings is 1. The van der Waals surface area contributed by atoms with Crippen molar-refractivity contribution in [2.45, 2.75) is 32.4 Å². The van der Waals surface area contributed by atoms with E-state index < -0.39 is 0 Å². The lowest BCUT2D eigenvalue weighted by molar-refractivity contribution is 0.241. The molecule has 0 atom stereocenters. The maximum atomic E-state index is 9.99. The van der Waals surface area contributed by atoms with Gasteiger partial charge in [-0.25, -0.2) is 4.98 Å². The third-order valence-electron chi connectivity index (χ3n) is 5.20. The van der Waals surface area contributed by atoms with Gasteiger partial charge in [0.1, 0.15) is 5.82 Å². The Morgan fingerprint density at radius 3 is 2.73 bits per heavy atom. The number of rotatable bonds is 4. The van der Waals surface area contributed by atoms with Crippen LogP contribution in [0.1, 0.15) is 29.7 Å². The van der Waals surface area contributed by atoms with Crippen molar-refractivity contribution < 1.29 is 9.84 Å². The molecule has 1 aromatic carbocycles. The molecule has 0 unspecified atom stereocenters. The van der Waals surface area contributed by atoms with E-state index in [2.05, 4.69) is 14.8 Å². The minimum Gasteiger partial charge on any atom is -0.504 e. The summed E-state index contributed by atoms with van der Waals surface area (Å²) in [6.07, 6.45) is 3.23. The molecule has 138 valence electrons. The zero-order valence-electron chi connectivity index (χ0n) is 15.1. The van der Waals surface area contributed by atoms with Crippen LogP contribution in [0.4, 0.5) is 11.8 Å². The third-order valence-corrected chi connectivity index (χ3v) is 5.20. The van der Waals surface area contributed by atoms with Crippen molar-refractivity contribution in [2.24, 2.45) is 0 Å². The van der Waals surface area contributed by atoms with Crippen LogP contribution in [-0.2, 0) is 19.5 Å². The Balaban J connectivity index is 1.52. The van der Waals surface area contributed by atoms with Crippen LogP contribution in [0.2, 0.25) is 0 Å². The smallest absolute Gasteiger partial charge is 0.227 e. The van der Waals surface area contributed by atoms with Crippen molar-refractivity contribution in [3.63, 3.8) is 0 Å². The first-order chi connectivity index (χ1) is 12.6. The average molecular weight is 355 g/mol. The second-order valence-electron chi connectivity index (χ2n) is 7.00. The Hall–Kier alpha value is -2.54. The summed E-state index contributed by atoms with van der Waals surface area (Å²) in [6, 6.07) is 5.55. The number of phenolic OH excluding ortho intramolecular Hbond substituents is 1. The molecule has 0 radical (unpaired) electrons. The van der Waals surface area contributed by atoms with Gasteiger partial charge in [0.15, 0.2) is 11.5 Å². The second kappa shape index (κ2) is 6.99. The van der Waals surface area contributed by atoms with Crippen LogP contribution < -0.4 is 15.4 Å². The van der Waals surface area contributed by atoms with E-state index in [9.17, 15) is 5.11 Å². The Morgan fingerprint density at radius 1 is 1.19 bits per heavy atom. The molecular weight excluding hydrogens is 330 g/mol. The summed E-state index contributed by atoms with van der Waals surface area (Å²) >= 11 is 0. The summed E-state index contributed by atoms with van der Waals surface area (Å²) in [6.45, 7) is 4.41. The summed E-state index contributed by atoms with van der Waals surface area (Å²) in [5, 5.41) is 9.99. The maximum absolute atomic E-state index is 9.99. The third kappa shape index (κ3) is 3.26. The van der Waals surface area contributed by atoms with Crippen molar-refractivity contribution >= 4 is 11.8 Å². The Bertz CT molecular complexity index is 805. The van der Waals surface area contributed by atoms with Crippen molar-refractivity contribution in [1.29, 1.82) is 0 Å². The van der Waals surface area contributed by atoms with Crippen LogP contribution in [0.5, 0.6) is 11.5 Å². The van der Waals surface area contributed by atoms with Gasteiger partial charge in [-0.1, -0.05) is 6.07 Å². The number of fused-ring (bicyclic) bond motifs is 1. The molecule has 0 saturated carbocycles. The number of nitrogens with two attached hydrogens (primary N) is 1. The number of ether oxygens (including phenoxy) is 1. The number of anilines is 2. The Morgan fingerprint density at radius 2 is 2.00 bits per heavy atom. The average Bonchev–Trinajstić information content (AvgIpc) is 3.16. The number of hydrogen-bond donors (Lipinski definition) is 2. The SMILES string of the molecule is COc1ccc(CN2CCc3c(N)nc(N4CCCC4)nc3C2)cc1O. The van der Waals surface area contributed by atoms with Gasteiger partial charge in [-0.3, -0.25) is 4.90 Å². The highest BCUT2D eigenvalue weighted by atomic mass is 16.5. The fourth-order valence-corrected chi connectivity index (χ4v) is 3.79. The van der Waals surface area contributed by atoms with Gasteiger partial charge in [0.25, 0.3) is 0 Å². The first-order valence-corrected chi connectivity index (χ1v) is 9.12. The number of nitrogens with zero attached hydrogens (tertiary/aromatic N) is 4. The highest BCUT2D eigenvalue weighted by molar-refractivity contribution is 5.49. The zero-order valence-corrected chi connectivity index (χ0v) is 15.1. The minimum absolute atomic E-state index is 0.172. The summed E-state index contributed by atoms with van der Waals surface area (Å²) in [7, 11) is 1.55. The van der Waals surface area contributed by atoms with E-state index in [1.807, 2.05) is 6.07 Å². The van der Waals surface area contributed by atoms with Gasteiger partial charge in [0.05, 0.1) is 12.8 Å². The minimum atomic E-state index is 0.172. The highest BCUT2D eigenvalue weighted by Gasteiger charge is 2.24. The first kappa shape index (κ1) is 16.9. The van der Waals surface area contributed by atoms with E-state index in [1.165, 1.54) is 12.8 Å². The molecule has 1 fully saturated rings. The Labute approximate surface area is 153 Å². The number of hydrogen-bond acceptors (Lipinski definition) is 7. The molecule has 0 amide bonds. The molecule has 7 heteroatoms. The normalized spacial score (nSPS) is 17.3. The van der Waals surface area contributed by atoms with Crippen molar-refractivity contribution in [2.75, 3.05) is 37.4 Å². The molecular formula is C19H25N5O2. The molecule has 3 heterocycles. The molecule has 4 rings (SSSR count). The van der Waals surface area contributed by atoms with E-state index in [1.54, 1.807) is 19.2 Å². The quantitative estimate of drug-likeness (QED) is 0.866. The monoisotopic (exact) mass is 355 g/mol. The van der Waals surface area contributed by atoms with Gasteiger partial charge in [-0.2, -0.15) is 4.98 Å². The van der Waals surface area contributed by atoms with Crippen molar-refractivity contribution in [3.8, 4) is 11.5 Å². The predicted molar refractivity (Wildman–Crippen MR) is 100 cm³/mol. The topological polar surface area (TPSA) is 87.7 Å². The lowest BCUT2D eigenvalue weighted by atomic mass is 10.0. The van der Waals surface area contributed by atoms with E-state index in [0.717, 1.165) is 61.9 Å². The lowest BCUT2D eigenvalue weighted by Gasteiger charge is -2.29. The van der Waals surface area contributed by atoms with Crippen LogP contribution in [0.25, 0.3) is 0 Å². The lowest BCUT2D eigenvalue weighted by Crippen LogP contribution is -2.32. The predicted octanol–water partition coefficient (Wildman–Crippen LogP) is 1.93. The molecule has 26 heavy (non-hydrogen) atoms. The van der Waals surface area contributed by atoms with Gasteiger partial charge in [-0.05, 0) is 37.0 Å². The highest BCUT2D eigenvalue weighted by Crippen LogP contribution is 2.29. The molecule has 1 aromatic heterocycles. The number of aromatic nitrogens is 2. The summed E-state index contributed by atoms with van der Waals surface area (Å²) < 4.78 is 5.11. The van der Waals surface area contributed by atoms with Crippen LogP contribution in [0, 0.1) is 0 Å². The first-order valence-electron chi connectivity index (χ1n) is 9.12. The standard InChI is InChI=1S/C19H25N5O2/c1-26-17-5-4-13(10-16(17)25)11-23-9-6-14-15(12-23)21-19(22-18(14)20)24-7-2-3-8-24/h4-5,10,25H,2-3,6-9,11-12H2,1H3,(H2,20,21,22). The van der Waals surface area contributed by atoms with Gasteiger partial charge >= 0.3 is 0 Å². The molecule has 0 aliphatic carbocycles. The van der Waals surface area contributed by atoms with E-state index in [0.29, 0.717) is 11.6 Å². The van der Waals surface area contributed by atoms with E-state index >= 15 is 0 Å². The molecule has 2 aliphatic heterocycles. The Kier molecular flexibility index (Phi) is 4.55. The van der Waals surface area contributed by atoms with E-state index in [-0.39, 0.29) is 5.75 Å². The molecule has 2 aromatic rings. The van der Waals surface area contributed by atoms with Crippen LogP contribution in [0.3, 0.4) is 0 Å². The van der Waals surface area contributed by atoms with Gasteiger partial charge in [-0.15, -0.1) is 0 Å².